The van der Waals surface area contributed by atoms with Crippen LogP contribution in [0.4, 0.5) is 14.5 Å². The van der Waals surface area contributed by atoms with E-state index in [1.807, 2.05) is 0 Å². The van der Waals surface area contributed by atoms with Crippen molar-refractivity contribution in [1.82, 2.24) is 4.98 Å². The fourth-order valence-corrected chi connectivity index (χ4v) is 0.920. The van der Waals surface area contributed by atoms with Gasteiger partial charge in [0, 0.05) is 6.07 Å². The van der Waals surface area contributed by atoms with Crippen molar-refractivity contribution < 1.29 is 18.5 Å². The zero-order chi connectivity index (χ0) is 11.6. The first kappa shape index (κ1) is 11.0. The van der Waals surface area contributed by atoms with E-state index >= 15 is 0 Å². The highest BCUT2D eigenvalue weighted by atomic mass is 19.3. The number of amides is 1. The summed E-state index contributed by atoms with van der Waals surface area (Å²) in [5.41, 5.74) is 2.46. The SMILES string of the molecule is NC(=O)c1ccc([N+](=O)[O-])c(C(F)F)n1. The molecular weight excluding hydrogens is 212 g/mol. The first-order chi connectivity index (χ1) is 6.93. The molecule has 1 aromatic heterocycles. The van der Waals surface area contributed by atoms with E-state index < -0.39 is 34.3 Å². The Labute approximate surface area is 81.9 Å². The van der Waals surface area contributed by atoms with E-state index in [0.29, 0.717) is 0 Å². The van der Waals surface area contributed by atoms with Gasteiger partial charge in [0.2, 0.25) is 0 Å². The number of pyridine rings is 1. The minimum absolute atomic E-state index is 0.434. The molecule has 0 atom stereocenters. The van der Waals surface area contributed by atoms with Gasteiger partial charge < -0.3 is 5.73 Å². The Morgan fingerprint density at radius 3 is 2.53 bits per heavy atom. The van der Waals surface area contributed by atoms with Crippen LogP contribution in [0.15, 0.2) is 12.1 Å². The lowest BCUT2D eigenvalue weighted by atomic mass is 10.2. The van der Waals surface area contributed by atoms with Crippen molar-refractivity contribution in [3.05, 3.63) is 33.6 Å². The van der Waals surface area contributed by atoms with Gasteiger partial charge in [-0.05, 0) is 6.07 Å². The first-order valence-electron chi connectivity index (χ1n) is 3.66. The summed E-state index contributed by atoms with van der Waals surface area (Å²) in [6.07, 6.45) is -3.13. The summed E-state index contributed by atoms with van der Waals surface area (Å²) in [6, 6.07) is 1.70. The monoisotopic (exact) mass is 217 g/mol. The van der Waals surface area contributed by atoms with Gasteiger partial charge >= 0.3 is 0 Å². The normalized spacial score (nSPS) is 10.3. The summed E-state index contributed by atoms with van der Waals surface area (Å²) < 4.78 is 24.6. The van der Waals surface area contributed by atoms with Crippen LogP contribution < -0.4 is 5.73 Å². The molecule has 1 amide bonds. The van der Waals surface area contributed by atoms with Crippen LogP contribution in [0, 0.1) is 10.1 Å². The van der Waals surface area contributed by atoms with Crippen LogP contribution in [-0.2, 0) is 0 Å². The van der Waals surface area contributed by atoms with E-state index in [1.54, 1.807) is 0 Å². The third-order valence-electron chi connectivity index (χ3n) is 1.56. The fraction of sp³-hybridized carbons (Fsp3) is 0.143. The molecule has 1 aromatic rings. The molecule has 0 fully saturated rings. The van der Waals surface area contributed by atoms with Gasteiger partial charge in [-0.15, -0.1) is 0 Å². The van der Waals surface area contributed by atoms with Gasteiger partial charge in [0.25, 0.3) is 18.0 Å². The highest BCUT2D eigenvalue weighted by Gasteiger charge is 2.24. The van der Waals surface area contributed by atoms with Gasteiger partial charge in [-0.2, -0.15) is 0 Å². The number of carbonyl (C=O) groups excluding carboxylic acids is 1. The molecule has 1 heterocycles. The number of hydrogen-bond acceptors (Lipinski definition) is 4. The van der Waals surface area contributed by atoms with Gasteiger partial charge in [0.1, 0.15) is 5.69 Å². The molecule has 0 saturated carbocycles. The van der Waals surface area contributed by atoms with Gasteiger partial charge in [-0.3, -0.25) is 14.9 Å². The second-order valence-corrected chi connectivity index (χ2v) is 2.52. The maximum Gasteiger partial charge on any atom is 0.296 e. The van der Waals surface area contributed by atoms with Crippen LogP contribution in [0.5, 0.6) is 0 Å². The van der Waals surface area contributed by atoms with Gasteiger partial charge in [-0.1, -0.05) is 0 Å². The second kappa shape index (κ2) is 3.95. The molecule has 0 unspecified atom stereocenters. The average Bonchev–Trinajstić information content (AvgIpc) is 2.16. The van der Waals surface area contributed by atoms with E-state index in [-0.39, 0.29) is 0 Å². The van der Waals surface area contributed by atoms with Crippen molar-refractivity contribution in [3.8, 4) is 0 Å². The van der Waals surface area contributed by atoms with Crippen LogP contribution >= 0.6 is 0 Å². The summed E-state index contributed by atoms with van der Waals surface area (Å²) in [5.74, 6) is -1.02. The minimum Gasteiger partial charge on any atom is -0.364 e. The van der Waals surface area contributed by atoms with Crippen molar-refractivity contribution in [3.63, 3.8) is 0 Å². The number of rotatable bonds is 3. The largest absolute Gasteiger partial charge is 0.364 e. The predicted molar refractivity (Wildman–Crippen MR) is 44.4 cm³/mol. The maximum absolute atomic E-state index is 12.3. The van der Waals surface area contributed by atoms with Gasteiger partial charge in [-0.25, -0.2) is 13.8 Å². The number of nitro groups is 1. The third-order valence-corrected chi connectivity index (χ3v) is 1.56. The third kappa shape index (κ3) is 2.22. The number of nitrogens with two attached hydrogens (primary N) is 1. The zero-order valence-corrected chi connectivity index (χ0v) is 7.18. The Hall–Kier alpha value is -2.12. The molecular formula is C7H5F2N3O3. The number of aromatic nitrogens is 1. The summed E-state index contributed by atoms with van der Waals surface area (Å²) in [7, 11) is 0. The first-order valence-corrected chi connectivity index (χ1v) is 3.66. The van der Waals surface area contributed by atoms with E-state index in [4.69, 9.17) is 5.73 Å². The Balaban J connectivity index is 3.33. The molecule has 0 aliphatic carbocycles. The van der Waals surface area contributed by atoms with Crippen molar-refractivity contribution in [1.29, 1.82) is 0 Å². The van der Waals surface area contributed by atoms with Gasteiger partial charge in [0.05, 0.1) is 4.92 Å². The van der Waals surface area contributed by atoms with Crippen LogP contribution in [-0.4, -0.2) is 15.8 Å². The smallest absolute Gasteiger partial charge is 0.296 e. The summed E-state index contributed by atoms with van der Waals surface area (Å²) >= 11 is 0. The minimum atomic E-state index is -3.13. The van der Waals surface area contributed by atoms with Gasteiger partial charge in [0.15, 0.2) is 5.69 Å². The number of halogens is 2. The Bertz CT molecular complexity index is 422. The van der Waals surface area contributed by atoms with Crippen molar-refractivity contribution in [2.75, 3.05) is 0 Å². The highest BCUT2D eigenvalue weighted by Crippen LogP contribution is 2.26. The van der Waals surface area contributed by atoms with Crippen LogP contribution in [0.1, 0.15) is 22.6 Å². The highest BCUT2D eigenvalue weighted by molar-refractivity contribution is 5.90. The number of primary amides is 1. The Kier molecular flexibility index (Phi) is 2.88. The van der Waals surface area contributed by atoms with Crippen molar-refractivity contribution in [2.45, 2.75) is 6.43 Å². The topological polar surface area (TPSA) is 99.1 Å². The molecule has 0 aliphatic heterocycles. The predicted octanol–water partition coefficient (Wildman–Crippen LogP) is 1.03. The zero-order valence-electron chi connectivity index (χ0n) is 7.18. The molecule has 0 aromatic carbocycles. The standard InChI is InChI=1S/C7H5F2N3O3/c8-6(9)5-4(12(14)15)2-1-3(11-5)7(10)13/h1-2,6H,(H2,10,13). The molecule has 0 radical (unpaired) electrons. The number of hydrogen-bond donors (Lipinski definition) is 1. The molecule has 0 bridgehead atoms. The van der Waals surface area contributed by atoms with E-state index in [1.165, 1.54) is 0 Å². The molecule has 2 N–H and O–H groups in total. The maximum atomic E-state index is 12.3. The molecule has 0 saturated heterocycles. The summed E-state index contributed by atoms with van der Waals surface area (Å²) in [6.45, 7) is 0. The quantitative estimate of drug-likeness (QED) is 0.603. The molecule has 80 valence electrons. The molecule has 0 aliphatic rings. The fourth-order valence-electron chi connectivity index (χ4n) is 0.920. The summed E-state index contributed by atoms with van der Waals surface area (Å²) in [4.78, 5) is 23.1. The second-order valence-electron chi connectivity index (χ2n) is 2.52. The molecule has 1 rings (SSSR count). The van der Waals surface area contributed by atoms with Crippen LogP contribution in [0.25, 0.3) is 0 Å². The van der Waals surface area contributed by atoms with E-state index in [9.17, 15) is 23.7 Å². The molecule has 0 spiro atoms. The lowest BCUT2D eigenvalue weighted by Gasteiger charge is -2.01. The van der Waals surface area contributed by atoms with E-state index in [0.717, 1.165) is 12.1 Å². The average molecular weight is 217 g/mol. The molecule has 6 nitrogen and oxygen atoms in total. The Morgan fingerprint density at radius 2 is 2.13 bits per heavy atom. The van der Waals surface area contributed by atoms with E-state index in [2.05, 4.69) is 4.98 Å². The van der Waals surface area contributed by atoms with Crippen molar-refractivity contribution in [2.24, 2.45) is 5.73 Å². The number of nitrogens with zero attached hydrogens (tertiary/aromatic N) is 2. The van der Waals surface area contributed by atoms with Crippen molar-refractivity contribution >= 4 is 11.6 Å². The Morgan fingerprint density at radius 1 is 1.53 bits per heavy atom. The molecule has 8 heteroatoms. The lowest BCUT2D eigenvalue weighted by molar-refractivity contribution is -0.386. The number of carbonyl (C=O) groups is 1. The molecule has 15 heavy (non-hydrogen) atoms. The summed E-state index contributed by atoms with van der Waals surface area (Å²) in [5, 5.41) is 10.3. The lowest BCUT2D eigenvalue weighted by Crippen LogP contribution is -2.14. The van der Waals surface area contributed by atoms with Crippen LogP contribution in [0.3, 0.4) is 0 Å². The number of alkyl halides is 2. The van der Waals surface area contributed by atoms with Crippen LogP contribution in [0.2, 0.25) is 0 Å².